The van der Waals surface area contributed by atoms with Gasteiger partial charge in [-0.05, 0) is 61.4 Å². The summed E-state index contributed by atoms with van der Waals surface area (Å²) in [6, 6.07) is 20.9. The Bertz CT molecular complexity index is 1500. The molecule has 4 atom stereocenters. The number of nitrogens with one attached hydrogen (secondary N) is 3. The first kappa shape index (κ1) is 38.0. The number of rotatable bonds is 17. The van der Waals surface area contributed by atoms with Crippen LogP contribution in [0, 0.1) is 5.92 Å². The second kappa shape index (κ2) is 19.4. The molecule has 1 aliphatic heterocycles. The van der Waals surface area contributed by atoms with Gasteiger partial charge in [0.2, 0.25) is 23.6 Å². The summed E-state index contributed by atoms with van der Waals surface area (Å²) in [6.45, 7) is 6.50. The summed E-state index contributed by atoms with van der Waals surface area (Å²) in [5.41, 5.74) is 13.8. The number of aromatic nitrogens is 1. The number of nitrogens with two attached hydrogens (primary N) is 2. The largest absolute Gasteiger partial charge is 0.353 e. The van der Waals surface area contributed by atoms with E-state index in [2.05, 4.69) is 25.8 Å². The first-order chi connectivity index (χ1) is 24.1. The lowest BCUT2D eigenvalue weighted by Gasteiger charge is -2.37. The summed E-state index contributed by atoms with van der Waals surface area (Å²) >= 11 is 0. The van der Waals surface area contributed by atoms with Crippen molar-refractivity contribution >= 4 is 29.4 Å². The number of hydrogen-bond acceptors (Lipinski definition) is 8. The maximum atomic E-state index is 13.9. The van der Waals surface area contributed by atoms with Crippen LogP contribution in [0.2, 0.25) is 0 Å². The molecule has 1 aromatic heterocycles. The van der Waals surface area contributed by atoms with Crippen molar-refractivity contribution in [3.63, 3.8) is 0 Å². The van der Waals surface area contributed by atoms with Crippen molar-refractivity contribution in [2.75, 3.05) is 37.6 Å². The number of hydrogen-bond donors (Lipinski definition) is 5. The second-order valence-electron chi connectivity index (χ2n) is 13.2. The van der Waals surface area contributed by atoms with Crippen LogP contribution in [-0.2, 0) is 32.0 Å². The summed E-state index contributed by atoms with van der Waals surface area (Å²) in [5.74, 6) is -0.704. The molecule has 0 aliphatic carbocycles. The molecule has 2 aromatic carbocycles. The molecule has 50 heavy (non-hydrogen) atoms. The molecule has 2 heterocycles. The highest BCUT2D eigenvalue weighted by molar-refractivity contribution is 5.95. The van der Waals surface area contributed by atoms with Gasteiger partial charge in [0.15, 0.2) is 0 Å². The van der Waals surface area contributed by atoms with Crippen LogP contribution in [-0.4, -0.2) is 90.4 Å². The summed E-state index contributed by atoms with van der Waals surface area (Å²) < 4.78 is 0. The number of amides is 4. The van der Waals surface area contributed by atoms with E-state index in [1.165, 1.54) is 0 Å². The topological polar surface area (TPSA) is 176 Å². The van der Waals surface area contributed by atoms with Crippen molar-refractivity contribution in [3.05, 3.63) is 96.2 Å². The van der Waals surface area contributed by atoms with E-state index < -0.39 is 41.9 Å². The van der Waals surface area contributed by atoms with E-state index in [9.17, 15) is 19.2 Å². The van der Waals surface area contributed by atoms with E-state index in [0.29, 0.717) is 58.4 Å². The molecule has 7 N–H and O–H groups in total. The highest BCUT2D eigenvalue weighted by Gasteiger charge is 2.33. The van der Waals surface area contributed by atoms with Gasteiger partial charge < -0.3 is 37.2 Å². The van der Waals surface area contributed by atoms with Crippen LogP contribution >= 0.6 is 0 Å². The molecular formula is C38H52N8O4. The lowest BCUT2D eigenvalue weighted by molar-refractivity contribution is -0.138. The molecule has 12 heteroatoms. The van der Waals surface area contributed by atoms with E-state index in [4.69, 9.17) is 11.5 Å². The van der Waals surface area contributed by atoms with Crippen LogP contribution in [0.3, 0.4) is 0 Å². The van der Waals surface area contributed by atoms with E-state index in [-0.39, 0.29) is 18.2 Å². The Balaban J connectivity index is 1.45. The van der Waals surface area contributed by atoms with Crippen molar-refractivity contribution < 1.29 is 19.2 Å². The third-order valence-electron chi connectivity index (χ3n) is 8.77. The molecule has 4 rings (SSSR count). The Morgan fingerprint density at radius 2 is 1.28 bits per heavy atom. The van der Waals surface area contributed by atoms with Crippen molar-refractivity contribution in [1.29, 1.82) is 0 Å². The Morgan fingerprint density at radius 1 is 0.720 bits per heavy atom. The summed E-state index contributed by atoms with van der Waals surface area (Å²) in [5, 5.41) is 8.68. The molecule has 0 unspecified atom stereocenters. The number of benzene rings is 2. The zero-order valence-corrected chi connectivity index (χ0v) is 29.2. The van der Waals surface area contributed by atoms with Gasteiger partial charge in [-0.3, -0.25) is 19.2 Å². The average Bonchev–Trinajstić information content (AvgIpc) is 3.13. The van der Waals surface area contributed by atoms with Crippen LogP contribution in [0.25, 0.3) is 0 Å². The minimum absolute atomic E-state index is 0.0466. The fraction of sp³-hybridized carbons (Fsp3) is 0.447. The highest BCUT2D eigenvalue weighted by Crippen LogP contribution is 2.15. The van der Waals surface area contributed by atoms with Gasteiger partial charge in [0, 0.05) is 38.8 Å². The Morgan fingerprint density at radius 3 is 1.86 bits per heavy atom. The maximum absolute atomic E-state index is 13.9. The lowest BCUT2D eigenvalue weighted by atomic mass is 9.99. The fourth-order valence-corrected chi connectivity index (χ4v) is 6.04. The molecular weight excluding hydrogens is 632 g/mol. The van der Waals surface area contributed by atoms with E-state index in [1.54, 1.807) is 11.1 Å². The number of nitrogens with zero attached hydrogens (tertiary/aromatic N) is 3. The Kier molecular flexibility index (Phi) is 14.7. The number of piperazine rings is 1. The number of pyridine rings is 1. The third kappa shape index (κ3) is 11.7. The molecule has 1 fully saturated rings. The summed E-state index contributed by atoms with van der Waals surface area (Å²) in [6.07, 6.45) is 3.50. The predicted octanol–water partition coefficient (Wildman–Crippen LogP) is 1.78. The quantitative estimate of drug-likeness (QED) is 0.143. The molecule has 0 saturated carbocycles. The minimum atomic E-state index is -0.987. The van der Waals surface area contributed by atoms with Gasteiger partial charge in [0.25, 0.3) is 0 Å². The summed E-state index contributed by atoms with van der Waals surface area (Å²) in [7, 11) is 0. The van der Waals surface area contributed by atoms with Crippen molar-refractivity contribution in [1.82, 2.24) is 25.8 Å². The van der Waals surface area contributed by atoms with Gasteiger partial charge in [0.1, 0.15) is 23.9 Å². The fourth-order valence-electron chi connectivity index (χ4n) is 6.04. The standard InChI is InChI=1S/C38H52N8O4/c1-27(2)24-32(36(48)42-31(16-11-18-39)38(50)46-22-20-45(21-23-46)34-17-9-10-19-41-34)44-37(49)33(26-29-14-7-4-8-15-29)43-35(47)30(40)25-28-12-5-3-6-13-28/h3-10,12-15,17,19,27,30-33H,11,16,18,20-26,39-40H2,1-2H3,(H,42,48)(H,43,47)(H,44,49)/t30-,31-,32-,33-/m1/s1. The highest BCUT2D eigenvalue weighted by atomic mass is 16.2. The van der Waals surface area contributed by atoms with Gasteiger partial charge in [-0.15, -0.1) is 0 Å². The van der Waals surface area contributed by atoms with Gasteiger partial charge in [-0.25, -0.2) is 4.98 Å². The molecule has 12 nitrogen and oxygen atoms in total. The summed E-state index contributed by atoms with van der Waals surface area (Å²) in [4.78, 5) is 63.1. The van der Waals surface area contributed by atoms with E-state index in [1.807, 2.05) is 92.7 Å². The normalized spacial score (nSPS) is 15.5. The van der Waals surface area contributed by atoms with Gasteiger partial charge >= 0.3 is 0 Å². The van der Waals surface area contributed by atoms with E-state index in [0.717, 1.165) is 16.9 Å². The van der Waals surface area contributed by atoms with Crippen LogP contribution in [0.15, 0.2) is 85.1 Å². The smallest absolute Gasteiger partial charge is 0.245 e. The second-order valence-corrected chi connectivity index (χ2v) is 13.2. The van der Waals surface area contributed by atoms with Crippen LogP contribution in [0.5, 0.6) is 0 Å². The Hall–Kier alpha value is -4.81. The monoisotopic (exact) mass is 684 g/mol. The number of carbonyl (C=O) groups is 4. The SMILES string of the molecule is CC(C)C[C@@H](NC(=O)[C@@H](Cc1ccccc1)NC(=O)[C@H](N)Cc1ccccc1)C(=O)N[C@H](CCCN)C(=O)N1CCN(c2ccccn2)CC1. The molecule has 3 aromatic rings. The molecule has 4 amide bonds. The molecule has 0 bridgehead atoms. The van der Waals surface area contributed by atoms with Crippen molar-refractivity contribution in [3.8, 4) is 0 Å². The minimum Gasteiger partial charge on any atom is -0.353 e. The van der Waals surface area contributed by atoms with Crippen LogP contribution in [0.4, 0.5) is 5.82 Å². The average molecular weight is 685 g/mol. The third-order valence-corrected chi connectivity index (χ3v) is 8.77. The van der Waals surface area contributed by atoms with Crippen molar-refractivity contribution in [2.45, 2.75) is 70.1 Å². The first-order valence-corrected chi connectivity index (χ1v) is 17.5. The first-order valence-electron chi connectivity index (χ1n) is 17.5. The predicted molar refractivity (Wildman–Crippen MR) is 195 cm³/mol. The molecule has 0 spiro atoms. The van der Waals surface area contributed by atoms with Gasteiger partial charge in [-0.1, -0.05) is 80.6 Å². The molecule has 268 valence electrons. The van der Waals surface area contributed by atoms with E-state index >= 15 is 0 Å². The molecule has 1 saturated heterocycles. The van der Waals surface area contributed by atoms with Gasteiger partial charge in [-0.2, -0.15) is 0 Å². The maximum Gasteiger partial charge on any atom is 0.245 e. The molecule has 0 radical (unpaired) electrons. The Labute approximate surface area is 295 Å². The number of carbonyl (C=O) groups excluding carboxylic acids is 4. The van der Waals surface area contributed by atoms with Crippen LogP contribution in [0.1, 0.15) is 44.2 Å². The van der Waals surface area contributed by atoms with Crippen molar-refractivity contribution in [2.24, 2.45) is 17.4 Å². The zero-order valence-electron chi connectivity index (χ0n) is 29.2. The lowest BCUT2D eigenvalue weighted by Crippen LogP contribution is -2.59. The number of anilines is 1. The van der Waals surface area contributed by atoms with Crippen LogP contribution < -0.4 is 32.3 Å². The molecule has 1 aliphatic rings. The zero-order chi connectivity index (χ0) is 35.9. The van der Waals surface area contributed by atoms with Gasteiger partial charge in [0.05, 0.1) is 6.04 Å².